The zero-order valence-electron chi connectivity index (χ0n) is 14.0. The molecular weight excluding hydrogens is 310 g/mol. The molecule has 4 nitrogen and oxygen atoms in total. The molecular formula is C18H22ClN3O. The van der Waals surface area contributed by atoms with Crippen LogP contribution in [0, 0.1) is 11.3 Å². The first-order valence-electron chi connectivity index (χ1n) is 7.83. The second-order valence-electron chi connectivity index (χ2n) is 5.63. The fraction of sp³-hybridized carbons (Fsp3) is 0.389. The Morgan fingerprint density at radius 2 is 1.96 bits per heavy atom. The highest BCUT2D eigenvalue weighted by Crippen LogP contribution is 2.31. The fourth-order valence-electron chi connectivity index (χ4n) is 2.69. The van der Waals surface area contributed by atoms with Crippen LogP contribution in [0.15, 0.2) is 34.8 Å². The van der Waals surface area contributed by atoms with Crippen molar-refractivity contribution in [3.8, 4) is 0 Å². The van der Waals surface area contributed by atoms with Crippen molar-refractivity contribution >= 4 is 40.2 Å². The molecule has 0 aromatic heterocycles. The van der Waals surface area contributed by atoms with E-state index in [4.69, 9.17) is 17.0 Å². The molecule has 0 spiro atoms. The van der Waals surface area contributed by atoms with Crippen LogP contribution in [0.25, 0.3) is 0 Å². The zero-order valence-corrected chi connectivity index (χ0v) is 14.7. The van der Waals surface area contributed by atoms with Gasteiger partial charge in [0.1, 0.15) is 0 Å². The Balaban J connectivity index is 2.40. The lowest BCUT2D eigenvalue weighted by atomic mass is 9.86. The number of nitrogens with zero attached hydrogens (tertiary/aromatic N) is 2. The van der Waals surface area contributed by atoms with Crippen LogP contribution in [0.3, 0.4) is 0 Å². The average molecular weight is 332 g/mol. The van der Waals surface area contributed by atoms with Gasteiger partial charge >= 0.3 is 0 Å². The average Bonchev–Trinajstić information content (AvgIpc) is 2.52. The van der Waals surface area contributed by atoms with E-state index in [1.807, 2.05) is 25.1 Å². The van der Waals surface area contributed by atoms with Gasteiger partial charge in [-0.3, -0.25) is 4.79 Å². The van der Waals surface area contributed by atoms with Crippen LogP contribution >= 0.6 is 11.6 Å². The summed E-state index contributed by atoms with van der Waals surface area (Å²) in [4.78, 5) is 18.8. The molecule has 1 aliphatic rings. The highest BCUT2D eigenvalue weighted by Gasteiger charge is 2.27. The molecule has 0 bridgehead atoms. The molecule has 1 aromatic rings. The van der Waals surface area contributed by atoms with E-state index in [2.05, 4.69) is 23.7 Å². The third-order valence-corrected chi connectivity index (χ3v) is 4.47. The molecule has 2 rings (SSSR count). The molecule has 122 valence electrons. The van der Waals surface area contributed by atoms with Gasteiger partial charge in [0, 0.05) is 30.4 Å². The van der Waals surface area contributed by atoms with E-state index in [-0.39, 0.29) is 11.7 Å². The highest BCUT2D eigenvalue weighted by molar-refractivity contribution is 6.51. The number of ketones is 1. The Hall–Kier alpha value is -1.94. The van der Waals surface area contributed by atoms with E-state index in [1.54, 1.807) is 6.92 Å². The van der Waals surface area contributed by atoms with E-state index in [0.29, 0.717) is 27.7 Å². The number of rotatable bonds is 4. The van der Waals surface area contributed by atoms with Crippen LogP contribution in [0.1, 0.15) is 27.7 Å². The third kappa shape index (κ3) is 3.53. The number of anilines is 1. The smallest absolute Gasteiger partial charge is 0.201 e. The SMILES string of the molecule is CCN(CC)c1ccc(N=C2C(=O)C=C(C)C(=N)C2C)c(Cl)c1. The predicted molar refractivity (Wildman–Crippen MR) is 97.8 cm³/mol. The van der Waals surface area contributed by atoms with Gasteiger partial charge in [0.05, 0.1) is 16.4 Å². The maximum absolute atomic E-state index is 12.2. The van der Waals surface area contributed by atoms with Crippen molar-refractivity contribution in [1.82, 2.24) is 0 Å². The van der Waals surface area contributed by atoms with Gasteiger partial charge in [0.25, 0.3) is 0 Å². The molecule has 0 radical (unpaired) electrons. The van der Waals surface area contributed by atoms with Crippen LogP contribution in [0.2, 0.25) is 5.02 Å². The van der Waals surface area contributed by atoms with Gasteiger partial charge < -0.3 is 10.3 Å². The standard InChI is InChI=1S/C18H22ClN3O/c1-5-22(6-2)13-7-8-15(14(19)10-13)21-18-12(4)17(20)11(3)9-16(18)23/h7-10,12,20H,5-6H2,1-4H3. The molecule has 0 amide bonds. The van der Waals surface area contributed by atoms with Crippen LogP contribution in [0.5, 0.6) is 0 Å². The van der Waals surface area contributed by atoms with Gasteiger partial charge in [-0.1, -0.05) is 18.5 Å². The molecule has 0 heterocycles. The lowest BCUT2D eigenvalue weighted by molar-refractivity contribution is -0.109. The molecule has 1 N–H and O–H groups in total. The van der Waals surface area contributed by atoms with Crippen molar-refractivity contribution in [1.29, 1.82) is 5.41 Å². The van der Waals surface area contributed by atoms with Crippen molar-refractivity contribution in [2.45, 2.75) is 27.7 Å². The van der Waals surface area contributed by atoms with E-state index in [0.717, 1.165) is 18.8 Å². The lowest BCUT2D eigenvalue weighted by Gasteiger charge is -2.22. The van der Waals surface area contributed by atoms with Crippen molar-refractivity contribution in [2.24, 2.45) is 10.9 Å². The maximum atomic E-state index is 12.2. The first-order chi connectivity index (χ1) is 10.9. The van der Waals surface area contributed by atoms with E-state index >= 15 is 0 Å². The van der Waals surface area contributed by atoms with Crippen molar-refractivity contribution in [3.05, 3.63) is 34.9 Å². The fourth-order valence-corrected chi connectivity index (χ4v) is 2.91. The molecule has 0 saturated heterocycles. The number of aliphatic imine (C=N–C) groups is 1. The minimum absolute atomic E-state index is 0.144. The van der Waals surface area contributed by atoms with Crippen LogP contribution in [0.4, 0.5) is 11.4 Å². The summed E-state index contributed by atoms with van der Waals surface area (Å²) in [6.07, 6.45) is 1.47. The van der Waals surface area contributed by atoms with E-state index < -0.39 is 0 Å². The molecule has 1 aliphatic carbocycles. The summed E-state index contributed by atoms with van der Waals surface area (Å²) in [6.45, 7) is 9.59. The number of halogens is 1. The van der Waals surface area contributed by atoms with Gasteiger partial charge in [0.2, 0.25) is 5.78 Å². The van der Waals surface area contributed by atoms with Gasteiger partial charge in [-0.2, -0.15) is 0 Å². The summed E-state index contributed by atoms with van der Waals surface area (Å²) in [7, 11) is 0. The third-order valence-electron chi connectivity index (χ3n) is 4.17. The summed E-state index contributed by atoms with van der Waals surface area (Å²) in [6, 6.07) is 5.67. The normalized spacial score (nSPS) is 20.0. The first kappa shape index (κ1) is 17.4. The number of hydrogen-bond donors (Lipinski definition) is 1. The van der Waals surface area contributed by atoms with Crippen LogP contribution in [-0.2, 0) is 4.79 Å². The van der Waals surface area contributed by atoms with E-state index in [9.17, 15) is 4.79 Å². The van der Waals surface area contributed by atoms with Gasteiger partial charge in [0.15, 0.2) is 0 Å². The predicted octanol–water partition coefficient (Wildman–Crippen LogP) is 4.44. The topological polar surface area (TPSA) is 56.5 Å². The molecule has 5 heteroatoms. The molecule has 0 saturated carbocycles. The molecule has 1 aromatic carbocycles. The lowest BCUT2D eigenvalue weighted by Crippen LogP contribution is -2.32. The van der Waals surface area contributed by atoms with Crippen LogP contribution in [-0.4, -0.2) is 30.3 Å². The van der Waals surface area contributed by atoms with Gasteiger partial charge in [-0.15, -0.1) is 0 Å². The molecule has 0 fully saturated rings. The number of nitrogens with one attached hydrogen (secondary N) is 1. The highest BCUT2D eigenvalue weighted by atomic mass is 35.5. The number of carbonyl (C=O) groups excluding carboxylic acids is 1. The first-order valence-corrected chi connectivity index (χ1v) is 8.21. The summed E-state index contributed by atoms with van der Waals surface area (Å²) < 4.78 is 0. The minimum atomic E-state index is -0.314. The van der Waals surface area contributed by atoms with Crippen LogP contribution < -0.4 is 4.90 Å². The van der Waals surface area contributed by atoms with Crippen molar-refractivity contribution < 1.29 is 4.79 Å². The zero-order chi connectivity index (χ0) is 17.1. The summed E-state index contributed by atoms with van der Waals surface area (Å²) in [5, 5.41) is 8.55. The number of benzene rings is 1. The largest absolute Gasteiger partial charge is 0.372 e. The van der Waals surface area contributed by atoms with E-state index in [1.165, 1.54) is 6.08 Å². The Bertz CT molecular complexity index is 702. The number of carbonyl (C=O) groups is 1. The quantitative estimate of drug-likeness (QED) is 0.886. The van der Waals surface area contributed by atoms with Gasteiger partial charge in [-0.25, -0.2) is 4.99 Å². The number of allylic oxidation sites excluding steroid dienone is 2. The Kier molecular flexibility index (Phi) is 5.37. The Morgan fingerprint density at radius 3 is 2.52 bits per heavy atom. The number of hydrogen-bond acceptors (Lipinski definition) is 4. The molecule has 0 aliphatic heterocycles. The molecule has 1 unspecified atom stereocenters. The van der Waals surface area contributed by atoms with Crippen molar-refractivity contribution in [3.63, 3.8) is 0 Å². The van der Waals surface area contributed by atoms with Gasteiger partial charge in [-0.05, 0) is 50.6 Å². The second-order valence-corrected chi connectivity index (χ2v) is 6.04. The maximum Gasteiger partial charge on any atom is 0.201 e. The summed E-state index contributed by atoms with van der Waals surface area (Å²) in [5.74, 6) is -0.457. The van der Waals surface area contributed by atoms with Crippen molar-refractivity contribution in [2.75, 3.05) is 18.0 Å². The minimum Gasteiger partial charge on any atom is -0.372 e. The Labute approximate surface area is 142 Å². The second kappa shape index (κ2) is 7.09. The summed E-state index contributed by atoms with van der Waals surface area (Å²) in [5.41, 5.74) is 3.11. The monoisotopic (exact) mass is 331 g/mol. The summed E-state index contributed by atoms with van der Waals surface area (Å²) >= 11 is 6.35. The molecule has 1 atom stereocenters. The molecule has 23 heavy (non-hydrogen) atoms. The Morgan fingerprint density at radius 1 is 1.30 bits per heavy atom.